The Morgan fingerprint density at radius 1 is 1.16 bits per heavy atom. The number of carboxylic acids is 1. The summed E-state index contributed by atoms with van der Waals surface area (Å²) in [6.45, 7) is 7.03. The Morgan fingerprint density at radius 2 is 1.91 bits per heavy atom. The summed E-state index contributed by atoms with van der Waals surface area (Å²) in [6, 6.07) is 16.2. The molecule has 0 aliphatic carbocycles. The Hall–Kier alpha value is -3.25. The van der Waals surface area contributed by atoms with Crippen LogP contribution in [0.4, 0.5) is 0 Å². The van der Waals surface area contributed by atoms with Gasteiger partial charge in [-0.05, 0) is 42.7 Å². The monoisotopic (exact) mass is 431 g/mol. The van der Waals surface area contributed by atoms with Gasteiger partial charge in [0.2, 0.25) is 0 Å². The number of ether oxygens (including phenoxy) is 1. The number of hydrogen-bond acceptors (Lipinski definition) is 5. The van der Waals surface area contributed by atoms with E-state index in [2.05, 4.69) is 41.1 Å². The second-order valence-corrected chi connectivity index (χ2v) is 8.65. The van der Waals surface area contributed by atoms with Crippen molar-refractivity contribution in [1.29, 1.82) is 0 Å². The molecular formula is C26H29N3O3. The van der Waals surface area contributed by atoms with Crippen molar-refractivity contribution in [2.75, 3.05) is 13.1 Å². The summed E-state index contributed by atoms with van der Waals surface area (Å²) < 4.78 is 5.90. The van der Waals surface area contributed by atoms with Gasteiger partial charge in [0.25, 0.3) is 0 Å². The van der Waals surface area contributed by atoms with Crippen LogP contribution in [0.15, 0.2) is 54.7 Å². The maximum Gasteiger partial charge on any atom is 0.303 e. The maximum atomic E-state index is 10.9. The molecule has 3 aromatic rings. The van der Waals surface area contributed by atoms with Gasteiger partial charge in [-0.15, -0.1) is 0 Å². The van der Waals surface area contributed by atoms with Crippen LogP contribution in [-0.4, -0.2) is 39.0 Å². The molecule has 1 atom stereocenters. The summed E-state index contributed by atoms with van der Waals surface area (Å²) >= 11 is 0. The number of aliphatic carboxylic acids is 1. The fourth-order valence-electron chi connectivity index (χ4n) is 4.02. The minimum Gasteiger partial charge on any atom is -0.489 e. The van der Waals surface area contributed by atoms with Crippen molar-refractivity contribution >= 4 is 5.97 Å². The van der Waals surface area contributed by atoms with Gasteiger partial charge in [0.15, 0.2) is 5.82 Å². The van der Waals surface area contributed by atoms with Gasteiger partial charge in [0.1, 0.15) is 12.4 Å². The summed E-state index contributed by atoms with van der Waals surface area (Å²) in [7, 11) is 0. The predicted molar refractivity (Wildman–Crippen MR) is 123 cm³/mol. The van der Waals surface area contributed by atoms with Crippen LogP contribution in [-0.2, 0) is 24.4 Å². The maximum absolute atomic E-state index is 10.9. The van der Waals surface area contributed by atoms with Crippen LogP contribution in [0, 0.1) is 12.8 Å². The molecule has 0 spiro atoms. The molecule has 32 heavy (non-hydrogen) atoms. The van der Waals surface area contributed by atoms with E-state index in [0.717, 1.165) is 60.0 Å². The number of rotatable bonds is 8. The Morgan fingerprint density at radius 3 is 2.62 bits per heavy atom. The first-order valence-electron chi connectivity index (χ1n) is 11.0. The van der Waals surface area contributed by atoms with Gasteiger partial charge in [-0.25, -0.2) is 9.97 Å². The lowest BCUT2D eigenvalue weighted by atomic mass is 10.0. The summed E-state index contributed by atoms with van der Waals surface area (Å²) in [6.07, 6.45) is 2.96. The van der Waals surface area contributed by atoms with Crippen molar-refractivity contribution in [2.24, 2.45) is 5.92 Å². The van der Waals surface area contributed by atoms with Gasteiger partial charge in [-0.2, -0.15) is 0 Å². The molecule has 0 fully saturated rings. The zero-order valence-electron chi connectivity index (χ0n) is 18.6. The number of aryl methyl sites for hydroxylation is 1. The Balaban J connectivity index is 1.36. The average Bonchev–Trinajstić information content (AvgIpc) is 2.78. The number of aromatic nitrogens is 2. The van der Waals surface area contributed by atoms with E-state index in [1.165, 1.54) is 5.56 Å². The Labute approximate surface area is 188 Å². The molecule has 0 saturated heterocycles. The Bertz CT molecular complexity index is 1060. The molecule has 0 bridgehead atoms. The van der Waals surface area contributed by atoms with Gasteiger partial charge in [-0.1, -0.05) is 36.8 Å². The summed E-state index contributed by atoms with van der Waals surface area (Å²) in [5.41, 5.74) is 5.55. The van der Waals surface area contributed by atoms with E-state index in [4.69, 9.17) is 14.8 Å². The van der Waals surface area contributed by atoms with Gasteiger partial charge < -0.3 is 9.84 Å². The predicted octanol–water partition coefficient (Wildman–Crippen LogP) is 4.50. The number of carboxylic acid groups (broad SMARTS) is 1. The van der Waals surface area contributed by atoms with Crippen LogP contribution in [0.1, 0.15) is 35.7 Å². The van der Waals surface area contributed by atoms with Gasteiger partial charge in [0.05, 0.1) is 5.69 Å². The SMILES string of the molecule is Cc1ccc(COc2ccc(-c3ncc4c(n3)CCN(CC(C)CC(=O)O)C4)cc2)cc1. The molecule has 0 radical (unpaired) electrons. The Kier molecular flexibility index (Phi) is 6.81. The molecule has 0 saturated carbocycles. The second-order valence-electron chi connectivity index (χ2n) is 8.65. The standard InChI is InChI=1S/C26H29N3O3/c1-18-3-5-20(6-4-18)17-32-23-9-7-21(8-10-23)26-27-14-22-16-29(12-11-24(22)28-26)15-19(2)13-25(30)31/h3-10,14,19H,11-13,15-17H2,1-2H3,(H,30,31). The van der Waals surface area contributed by atoms with Crippen LogP contribution < -0.4 is 4.74 Å². The highest BCUT2D eigenvalue weighted by Crippen LogP contribution is 2.24. The van der Waals surface area contributed by atoms with Crippen LogP contribution in [0.25, 0.3) is 11.4 Å². The van der Waals surface area contributed by atoms with Gasteiger partial charge in [0, 0.05) is 49.8 Å². The highest BCUT2D eigenvalue weighted by molar-refractivity contribution is 5.67. The first kappa shape index (κ1) is 22.0. The van der Waals surface area contributed by atoms with E-state index in [1.54, 1.807) is 0 Å². The van der Waals surface area contributed by atoms with E-state index in [1.807, 2.05) is 37.4 Å². The second kappa shape index (κ2) is 9.92. The molecule has 1 aromatic heterocycles. The first-order valence-corrected chi connectivity index (χ1v) is 11.0. The third-order valence-electron chi connectivity index (χ3n) is 5.74. The van der Waals surface area contributed by atoms with Crippen molar-refractivity contribution < 1.29 is 14.6 Å². The molecule has 1 aliphatic heterocycles. The fraction of sp³-hybridized carbons (Fsp3) is 0.346. The lowest BCUT2D eigenvalue weighted by Crippen LogP contribution is -2.35. The zero-order valence-corrected chi connectivity index (χ0v) is 18.6. The zero-order chi connectivity index (χ0) is 22.5. The first-order chi connectivity index (χ1) is 15.5. The van der Waals surface area contributed by atoms with Gasteiger partial charge >= 0.3 is 5.97 Å². The minimum absolute atomic E-state index is 0.126. The fourth-order valence-corrected chi connectivity index (χ4v) is 4.02. The van der Waals surface area contributed by atoms with E-state index < -0.39 is 5.97 Å². The third-order valence-corrected chi connectivity index (χ3v) is 5.74. The van der Waals surface area contributed by atoms with E-state index >= 15 is 0 Å². The van der Waals surface area contributed by atoms with Gasteiger partial charge in [-0.3, -0.25) is 9.69 Å². The largest absolute Gasteiger partial charge is 0.489 e. The van der Waals surface area contributed by atoms with Crippen molar-refractivity contribution in [3.63, 3.8) is 0 Å². The lowest BCUT2D eigenvalue weighted by molar-refractivity contribution is -0.138. The van der Waals surface area contributed by atoms with Crippen molar-refractivity contribution in [2.45, 2.75) is 39.8 Å². The van der Waals surface area contributed by atoms with E-state index in [-0.39, 0.29) is 12.3 Å². The highest BCUT2D eigenvalue weighted by Gasteiger charge is 2.21. The number of hydrogen-bond donors (Lipinski definition) is 1. The van der Waals surface area contributed by atoms with Crippen LogP contribution in [0.5, 0.6) is 5.75 Å². The molecule has 2 heterocycles. The molecule has 2 aromatic carbocycles. The summed E-state index contributed by atoms with van der Waals surface area (Å²) in [5.74, 6) is 0.926. The molecule has 0 amide bonds. The van der Waals surface area contributed by atoms with Crippen LogP contribution >= 0.6 is 0 Å². The number of nitrogens with zero attached hydrogens (tertiary/aromatic N) is 3. The molecule has 6 nitrogen and oxygen atoms in total. The third kappa shape index (κ3) is 5.71. The van der Waals surface area contributed by atoms with Crippen LogP contribution in [0.3, 0.4) is 0 Å². The molecule has 6 heteroatoms. The van der Waals surface area contributed by atoms with E-state index in [9.17, 15) is 4.79 Å². The highest BCUT2D eigenvalue weighted by atomic mass is 16.5. The van der Waals surface area contributed by atoms with Crippen LogP contribution in [0.2, 0.25) is 0 Å². The van der Waals surface area contributed by atoms with Crippen molar-refractivity contribution in [3.8, 4) is 17.1 Å². The normalized spacial score (nSPS) is 14.6. The number of benzene rings is 2. The molecule has 1 aliphatic rings. The molecule has 4 rings (SSSR count). The van der Waals surface area contributed by atoms with Crippen molar-refractivity contribution in [3.05, 3.63) is 77.1 Å². The van der Waals surface area contributed by atoms with Crippen molar-refractivity contribution in [1.82, 2.24) is 14.9 Å². The summed E-state index contributed by atoms with van der Waals surface area (Å²) in [4.78, 5) is 22.6. The average molecular weight is 432 g/mol. The minimum atomic E-state index is -0.741. The van der Waals surface area contributed by atoms with E-state index in [0.29, 0.717) is 6.61 Å². The molecule has 166 valence electrons. The molecular weight excluding hydrogens is 402 g/mol. The number of fused-ring (bicyclic) bond motifs is 1. The molecule has 1 unspecified atom stereocenters. The summed E-state index contributed by atoms with van der Waals surface area (Å²) in [5, 5.41) is 8.97. The molecule has 1 N–H and O–H groups in total. The smallest absolute Gasteiger partial charge is 0.303 e. The number of carbonyl (C=O) groups is 1. The lowest BCUT2D eigenvalue weighted by Gasteiger charge is -2.29. The quantitative estimate of drug-likeness (QED) is 0.566. The topological polar surface area (TPSA) is 75.6 Å².